The van der Waals surface area contributed by atoms with Crippen molar-refractivity contribution in [3.63, 3.8) is 0 Å². The molecule has 1 amide bonds. The van der Waals surface area contributed by atoms with Crippen molar-refractivity contribution in [1.82, 2.24) is 4.90 Å². The van der Waals surface area contributed by atoms with E-state index < -0.39 is 0 Å². The molecule has 3 nitrogen and oxygen atoms in total. The van der Waals surface area contributed by atoms with E-state index in [-0.39, 0.29) is 24.3 Å². The van der Waals surface area contributed by atoms with Gasteiger partial charge in [-0.3, -0.25) is 9.59 Å². The monoisotopic (exact) mass is 267 g/mol. The summed E-state index contributed by atoms with van der Waals surface area (Å²) in [6.07, 6.45) is 5.05. The number of amides is 1. The molecule has 3 aliphatic rings. The van der Waals surface area contributed by atoms with E-state index in [0.717, 1.165) is 18.4 Å². The van der Waals surface area contributed by atoms with Crippen molar-refractivity contribution in [1.29, 1.82) is 0 Å². The number of ketones is 1. The molecule has 1 aromatic carbocycles. The molecule has 0 aromatic heterocycles. The lowest BCUT2D eigenvalue weighted by Gasteiger charge is -2.41. The first kappa shape index (κ1) is 11.9. The van der Waals surface area contributed by atoms with Gasteiger partial charge in [0.1, 0.15) is 0 Å². The SMILES string of the molecule is CC(=O)N1CC(=O)C=C2c3cccc4c3C(CC4)CC21. The Balaban J connectivity index is 1.90. The van der Waals surface area contributed by atoms with Gasteiger partial charge in [0.25, 0.3) is 0 Å². The Bertz CT molecular complexity index is 659. The number of fused-ring (bicyclic) bond motifs is 2. The minimum Gasteiger partial charge on any atom is -0.328 e. The van der Waals surface area contributed by atoms with Crippen LogP contribution >= 0.6 is 0 Å². The van der Waals surface area contributed by atoms with Crippen molar-refractivity contribution in [2.75, 3.05) is 6.54 Å². The topological polar surface area (TPSA) is 37.4 Å². The van der Waals surface area contributed by atoms with Crippen molar-refractivity contribution >= 4 is 17.3 Å². The van der Waals surface area contributed by atoms with Gasteiger partial charge < -0.3 is 4.90 Å². The molecule has 0 spiro atoms. The summed E-state index contributed by atoms with van der Waals surface area (Å²) in [5.74, 6) is 0.602. The molecule has 0 saturated carbocycles. The highest BCUT2D eigenvalue weighted by molar-refractivity contribution is 6.04. The molecular formula is C17H17NO2. The number of benzene rings is 1. The third-order valence-corrected chi connectivity index (χ3v) is 4.97. The lowest BCUT2D eigenvalue weighted by molar-refractivity contribution is -0.134. The first-order chi connectivity index (χ1) is 9.65. The summed E-state index contributed by atoms with van der Waals surface area (Å²) < 4.78 is 0. The number of nitrogens with zero attached hydrogens (tertiary/aromatic N) is 1. The number of carbonyl (C=O) groups is 2. The molecule has 0 N–H and O–H groups in total. The van der Waals surface area contributed by atoms with Gasteiger partial charge in [0.15, 0.2) is 5.78 Å². The van der Waals surface area contributed by atoms with Crippen LogP contribution in [0.5, 0.6) is 0 Å². The predicted molar refractivity (Wildman–Crippen MR) is 76.3 cm³/mol. The number of hydrogen-bond donors (Lipinski definition) is 0. The Morgan fingerprint density at radius 1 is 1.35 bits per heavy atom. The van der Waals surface area contributed by atoms with Crippen LogP contribution in [-0.2, 0) is 16.0 Å². The molecule has 102 valence electrons. The largest absolute Gasteiger partial charge is 0.328 e. The maximum atomic E-state index is 12.0. The molecule has 3 heteroatoms. The number of rotatable bonds is 0. The fourth-order valence-corrected chi connectivity index (χ4v) is 4.15. The van der Waals surface area contributed by atoms with E-state index in [9.17, 15) is 9.59 Å². The third-order valence-electron chi connectivity index (χ3n) is 4.97. The molecular weight excluding hydrogens is 250 g/mol. The summed E-state index contributed by atoms with van der Waals surface area (Å²) in [6.45, 7) is 1.81. The molecule has 1 aliphatic heterocycles. The van der Waals surface area contributed by atoms with Gasteiger partial charge in [-0.15, -0.1) is 0 Å². The summed E-state index contributed by atoms with van der Waals surface area (Å²) in [6, 6.07) is 6.49. The van der Waals surface area contributed by atoms with Gasteiger partial charge in [-0.1, -0.05) is 18.2 Å². The summed E-state index contributed by atoms with van der Waals surface area (Å²) in [5.41, 5.74) is 5.14. The second-order valence-electron chi connectivity index (χ2n) is 6.08. The second-order valence-corrected chi connectivity index (χ2v) is 6.08. The van der Waals surface area contributed by atoms with Crippen molar-refractivity contribution in [3.8, 4) is 0 Å². The molecule has 0 fully saturated rings. The number of carbonyl (C=O) groups excluding carboxylic acids is 2. The van der Waals surface area contributed by atoms with Crippen molar-refractivity contribution < 1.29 is 9.59 Å². The van der Waals surface area contributed by atoms with Crippen molar-refractivity contribution in [3.05, 3.63) is 41.0 Å². The smallest absolute Gasteiger partial charge is 0.220 e. The molecule has 2 atom stereocenters. The van der Waals surface area contributed by atoms with Gasteiger partial charge in [0.2, 0.25) is 5.91 Å². The lowest BCUT2D eigenvalue weighted by Crippen LogP contribution is -2.47. The minimum absolute atomic E-state index is 0.00607. The molecule has 20 heavy (non-hydrogen) atoms. The van der Waals surface area contributed by atoms with Crippen LogP contribution in [0, 0.1) is 0 Å². The minimum atomic E-state index is 0.00607. The molecule has 2 aliphatic carbocycles. The standard InChI is InChI=1S/C17H17NO2/c1-10(19)18-9-13(20)8-15-14-4-2-3-11-5-6-12(17(11)14)7-16(15)18/h2-4,8,12,16H,5-7,9H2,1H3. The van der Waals surface area contributed by atoms with Crippen LogP contribution in [0.25, 0.3) is 5.57 Å². The van der Waals surface area contributed by atoms with E-state index >= 15 is 0 Å². The van der Waals surface area contributed by atoms with Crippen LogP contribution in [0.3, 0.4) is 0 Å². The van der Waals surface area contributed by atoms with Gasteiger partial charge in [0.05, 0.1) is 12.6 Å². The molecule has 0 bridgehead atoms. The fourth-order valence-electron chi connectivity index (χ4n) is 4.15. The predicted octanol–water partition coefficient (Wildman–Crippen LogP) is 2.30. The second kappa shape index (κ2) is 4.05. The van der Waals surface area contributed by atoms with E-state index in [1.807, 2.05) is 0 Å². The maximum Gasteiger partial charge on any atom is 0.220 e. The zero-order chi connectivity index (χ0) is 13.9. The normalized spacial score (nSPS) is 26.9. The van der Waals surface area contributed by atoms with Gasteiger partial charge in [-0.25, -0.2) is 0 Å². The van der Waals surface area contributed by atoms with Crippen LogP contribution in [0.1, 0.15) is 42.4 Å². The molecule has 4 rings (SSSR count). The van der Waals surface area contributed by atoms with Gasteiger partial charge in [-0.05, 0) is 53.5 Å². The van der Waals surface area contributed by atoms with Crippen LogP contribution in [0.4, 0.5) is 0 Å². The van der Waals surface area contributed by atoms with E-state index in [2.05, 4.69) is 18.2 Å². The lowest BCUT2D eigenvalue weighted by atomic mass is 9.75. The van der Waals surface area contributed by atoms with E-state index in [4.69, 9.17) is 0 Å². The average molecular weight is 267 g/mol. The summed E-state index contributed by atoms with van der Waals surface area (Å²) in [4.78, 5) is 25.6. The number of aryl methyl sites for hydroxylation is 1. The quantitative estimate of drug-likeness (QED) is 0.723. The third kappa shape index (κ3) is 1.52. The number of hydrogen-bond acceptors (Lipinski definition) is 2. The Labute approximate surface area is 118 Å². The highest BCUT2D eigenvalue weighted by atomic mass is 16.2. The van der Waals surface area contributed by atoms with Crippen LogP contribution in [0.2, 0.25) is 0 Å². The van der Waals surface area contributed by atoms with Crippen LogP contribution < -0.4 is 0 Å². The van der Waals surface area contributed by atoms with Crippen molar-refractivity contribution in [2.24, 2.45) is 0 Å². The van der Waals surface area contributed by atoms with Gasteiger partial charge in [0, 0.05) is 6.92 Å². The maximum absolute atomic E-state index is 12.0. The molecule has 1 heterocycles. The van der Waals surface area contributed by atoms with E-state index in [0.29, 0.717) is 5.92 Å². The van der Waals surface area contributed by atoms with Crippen LogP contribution in [0.15, 0.2) is 24.3 Å². The highest BCUT2D eigenvalue weighted by Gasteiger charge is 2.41. The summed E-state index contributed by atoms with van der Waals surface area (Å²) >= 11 is 0. The van der Waals surface area contributed by atoms with Gasteiger partial charge in [-0.2, -0.15) is 0 Å². The Morgan fingerprint density at radius 3 is 3.00 bits per heavy atom. The fraction of sp³-hybridized carbons (Fsp3) is 0.412. The first-order valence-electron chi connectivity index (χ1n) is 7.29. The first-order valence-corrected chi connectivity index (χ1v) is 7.29. The Hall–Kier alpha value is -1.90. The van der Waals surface area contributed by atoms with Crippen molar-refractivity contribution in [2.45, 2.75) is 38.1 Å². The van der Waals surface area contributed by atoms with E-state index in [1.165, 1.54) is 23.1 Å². The summed E-state index contributed by atoms with van der Waals surface area (Å²) in [5, 5.41) is 0. The Morgan fingerprint density at radius 2 is 2.20 bits per heavy atom. The summed E-state index contributed by atoms with van der Waals surface area (Å²) in [7, 11) is 0. The average Bonchev–Trinajstić information content (AvgIpc) is 2.84. The molecule has 0 saturated heterocycles. The zero-order valence-electron chi connectivity index (χ0n) is 11.6. The molecule has 1 aromatic rings. The highest BCUT2D eigenvalue weighted by Crippen LogP contribution is 2.48. The van der Waals surface area contributed by atoms with E-state index in [1.54, 1.807) is 17.9 Å². The Kier molecular flexibility index (Phi) is 2.40. The molecule has 0 radical (unpaired) electrons. The van der Waals surface area contributed by atoms with Gasteiger partial charge >= 0.3 is 0 Å². The zero-order valence-corrected chi connectivity index (χ0v) is 11.6. The molecule has 2 unspecified atom stereocenters. The van der Waals surface area contributed by atoms with Crippen LogP contribution in [-0.4, -0.2) is 29.2 Å².